The molecule has 1 aromatic carbocycles. The van der Waals surface area contributed by atoms with Gasteiger partial charge in [0.2, 0.25) is 0 Å². The fourth-order valence-electron chi connectivity index (χ4n) is 4.15. The molecule has 1 saturated carbocycles. The van der Waals surface area contributed by atoms with E-state index in [1.165, 1.54) is 18.3 Å². The van der Waals surface area contributed by atoms with Gasteiger partial charge in [0, 0.05) is 24.0 Å². The Morgan fingerprint density at radius 2 is 2.00 bits per heavy atom. The van der Waals surface area contributed by atoms with E-state index in [0.29, 0.717) is 30.0 Å². The number of aldehydes is 1. The monoisotopic (exact) mass is 243 g/mol. The van der Waals surface area contributed by atoms with E-state index in [9.17, 15) is 4.79 Å². The topological polar surface area (TPSA) is 20.3 Å². The van der Waals surface area contributed by atoms with Crippen LogP contribution in [0.15, 0.2) is 30.3 Å². The molecule has 2 nitrogen and oxygen atoms in total. The van der Waals surface area contributed by atoms with Gasteiger partial charge in [-0.1, -0.05) is 30.3 Å². The molecular formula is C16H21NO. The summed E-state index contributed by atoms with van der Waals surface area (Å²) >= 11 is 0. The second-order valence-corrected chi connectivity index (χ2v) is 5.86. The van der Waals surface area contributed by atoms with Gasteiger partial charge in [-0.3, -0.25) is 4.90 Å². The number of piperidine rings is 1. The molecule has 18 heavy (non-hydrogen) atoms. The van der Waals surface area contributed by atoms with Crippen molar-refractivity contribution in [1.29, 1.82) is 0 Å². The van der Waals surface area contributed by atoms with Crippen molar-refractivity contribution in [3.05, 3.63) is 35.9 Å². The van der Waals surface area contributed by atoms with Crippen molar-refractivity contribution in [2.24, 2.45) is 11.8 Å². The minimum Gasteiger partial charge on any atom is -0.303 e. The Labute approximate surface area is 109 Å². The highest BCUT2D eigenvalue weighted by molar-refractivity contribution is 5.56. The van der Waals surface area contributed by atoms with E-state index in [4.69, 9.17) is 0 Å². The van der Waals surface area contributed by atoms with E-state index in [1.54, 1.807) is 0 Å². The summed E-state index contributed by atoms with van der Waals surface area (Å²) in [4.78, 5) is 13.7. The van der Waals surface area contributed by atoms with Crippen molar-refractivity contribution in [3.8, 4) is 0 Å². The molecule has 1 aromatic rings. The summed E-state index contributed by atoms with van der Waals surface area (Å²) < 4.78 is 0. The zero-order valence-electron chi connectivity index (χ0n) is 11.1. The highest BCUT2D eigenvalue weighted by Crippen LogP contribution is 2.48. The van der Waals surface area contributed by atoms with Gasteiger partial charge in [-0.15, -0.1) is 0 Å². The SMILES string of the molecule is C[C@@H](c1ccccc1)N1[C@@H]2C[C@@H]([C@@H](C=O)C2)[C@@H]1C. The fraction of sp³-hybridized carbons (Fsp3) is 0.562. The lowest BCUT2D eigenvalue weighted by Gasteiger charge is -2.39. The molecule has 1 heterocycles. The van der Waals surface area contributed by atoms with Crippen LogP contribution in [0.5, 0.6) is 0 Å². The maximum Gasteiger partial charge on any atom is 0.123 e. The maximum absolute atomic E-state index is 11.1. The standard InChI is InChI=1S/C16H21NO/c1-11(13-6-4-3-5-7-13)17-12(2)16-9-15(17)8-14(16)10-18/h3-7,10-12,14-16H,8-9H2,1-2H3/t11-,12-,14+,15-,16+/m0/s1. The van der Waals surface area contributed by atoms with E-state index in [-0.39, 0.29) is 0 Å². The molecular weight excluding hydrogens is 222 g/mol. The van der Waals surface area contributed by atoms with Gasteiger partial charge in [0.15, 0.2) is 0 Å². The number of nitrogens with zero attached hydrogens (tertiary/aromatic N) is 1. The lowest BCUT2D eigenvalue weighted by atomic mass is 9.88. The number of fused-ring (bicyclic) bond motifs is 2. The van der Waals surface area contributed by atoms with E-state index in [1.807, 2.05) is 0 Å². The smallest absolute Gasteiger partial charge is 0.123 e. The van der Waals surface area contributed by atoms with Gasteiger partial charge >= 0.3 is 0 Å². The molecule has 2 bridgehead atoms. The number of rotatable bonds is 3. The summed E-state index contributed by atoms with van der Waals surface area (Å²) in [6, 6.07) is 12.3. The minimum absolute atomic E-state index is 0.309. The molecule has 1 aliphatic heterocycles. The third-order valence-electron chi connectivity index (χ3n) is 5.05. The molecule has 2 fully saturated rings. The molecule has 0 spiro atoms. The molecule has 0 unspecified atom stereocenters. The van der Waals surface area contributed by atoms with Crippen LogP contribution in [0.2, 0.25) is 0 Å². The first-order valence-electron chi connectivity index (χ1n) is 7.00. The van der Waals surface area contributed by atoms with Crippen LogP contribution in [0.1, 0.15) is 38.3 Å². The van der Waals surface area contributed by atoms with Crippen LogP contribution in [-0.2, 0) is 4.79 Å². The Morgan fingerprint density at radius 3 is 2.61 bits per heavy atom. The lowest BCUT2D eigenvalue weighted by Crippen LogP contribution is -2.43. The summed E-state index contributed by atoms with van der Waals surface area (Å²) in [5.41, 5.74) is 1.39. The molecule has 0 N–H and O–H groups in total. The highest BCUT2D eigenvalue weighted by atomic mass is 16.1. The minimum atomic E-state index is 0.309. The van der Waals surface area contributed by atoms with Crippen LogP contribution < -0.4 is 0 Å². The van der Waals surface area contributed by atoms with Gasteiger partial charge in [-0.2, -0.15) is 0 Å². The van der Waals surface area contributed by atoms with Gasteiger partial charge in [0.05, 0.1) is 0 Å². The predicted molar refractivity (Wildman–Crippen MR) is 72.2 cm³/mol. The molecule has 2 heteroatoms. The average molecular weight is 243 g/mol. The van der Waals surface area contributed by atoms with Gasteiger partial charge in [0.25, 0.3) is 0 Å². The molecule has 0 radical (unpaired) electrons. The third-order valence-corrected chi connectivity index (χ3v) is 5.05. The van der Waals surface area contributed by atoms with Gasteiger partial charge in [-0.05, 0) is 38.2 Å². The van der Waals surface area contributed by atoms with E-state index < -0.39 is 0 Å². The fourth-order valence-corrected chi connectivity index (χ4v) is 4.15. The van der Waals surface area contributed by atoms with Crippen molar-refractivity contribution >= 4 is 6.29 Å². The second-order valence-electron chi connectivity index (χ2n) is 5.86. The van der Waals surface area contributed by atoms with Crippen LogP contribution in [0, 0.1) is 11.8 Å². The summed E-state index contributed by atoms with van der Waals surface area (Å²) in [5.74, 6) is 0.892. The predicted octanol–water partition coefficient (Wildman–Crippen LogP) is 3.05. The molecule has 0 amide bonds. The molecule has 3 rings (SSSR count). The van der Waals surface area contributed by atoms with Crippen LogP contribution >= 0.6 is 0 Å². The van der Waals surface area contributed by atoms with Crippen molar-refractivity contribution in [1.82, 2.24) is 4.90 Å². The van der Waals surface area contributed by atoms with Crippen LogP contribution in [0.3, 0.4) is 0 Å². The Morgan fingerprint density at radius 1 is 1.28 bits per heavy atom. The quantitative estimate of drug-likeness (QED) is 0.760. The Bertz CT molecular complexity index is 428. The van der Waals surface area contributed by atoms with Crippen LogP contribution in [0.25, 0.3) is 0 Å². The van der Waals surface area contributed by atoms with Crippen molar-refractivity contribution in [2.45, 2.75) is 44.8 Å². The van der Waals surface area contributed by atoms with Gasteiger partial charge in [0.1, 0.15) is 6.29 Å². The van der Waals surface area contributed by atoms with Crippen LogP contribution in [0.4, 0.5) is 0 Å². The van der Waals surface area contributed by atoms with E-state index in [2.05, 4.69) is 49.1 Å². The number of carbonyl (C=O) groups excluding carboxylic acids is 1. The largest absolute Gasteiger partial charge is 0.303 e. The summed E-state index contributed by atoms with van der Waals surface area (Å²) in [7, 11) is 0. The van der Waals surface area contributed by atoms with Gasteiger partial charge < -0.3 is 4.79 Å². The number of hydrogen-bond donors (Lipinski definition) is 0. The lowest BCUT2D eigenvalue weighted by molar-refractivity contribution is -0.113. The first-order chi connectivity index (χ1) is 8.72. The van der Waals surface area contributed by atoms with Crippen LogP contribution in [-0.4, -0.2) is 23.3 Å². The zero-order chi connectivity index (χ0) is 12.7. The molecule has 1 aliphatic carbocycles. The first kappa shape index (κ1) is 11.9. The van der Waals surface area contributed by atoms with E-state index >= 15 is 0 Å². The summed E-state index contributed by atoms with van der Waals surface area (Å²) in [6.07, 6.45) is 3.46. The average Bonchev–Trinajstić information content (AvgIpc) is 2.96. The summed E-state index contributed by atoms with van der Waals surface area (Å²) in [6.45, 7) is 4.59. The normalized spacial score (nSPS) is 36.8. The zero-order valence-corrected chi connectivity index (χ0v) is 11.1. The Balaban J connectivity index is 1.81. The Hall–Kier alpha value is -1.15. The number of likely N-dealkylation sites (tertiary alicyclic amines) is 1. The highest BCUT2D eigenvalue weighted by Gasteiger charge is 2.50. The maximum atomic E-state index is 11.1. The molecule has 5 atom stereocenters. The third kappa shape index (κ3) is 1.71. The second kappa shape index (κ2) is 4.51. The number of hydrogen-bond acceptors (Lipinski definition) is 2. The number of carbonyl (C=O) groups is 1. The molecule has 1 saturated heterocycles. The first-order valence-corrected chi connectivity index (χ1v) is 7.00. The van der Waals surface area contributed by atoms with Crippen molar-refractivity contribution in [3.63, 3.8) is 0 Å². The van der Waals surface area contributed by atoms with Gasteiger partial charge in [-0.25, -0.2) is 0 Å². The number of benzene rings is 1. The Kier molecular flexibility index (Phi) is 2.98. The molecule has 0 aromatic heterocycles. The van der Waals surface area contributed by atoms with Crippen molar-refractivity contribution in [2.75, 3.05) is 0 Å². The molecule has 96 valence electrons. The van der Waals surface area contributed by atoms with Crippen molar-refractivity contribution < 1.29 is 4.79 Å². The summed E-state index contributed by atoms with van der Waals surface area (Å²) in [5, 5.41) is 0. The van der Waals surface area contributed by atoms with E-state index in [0.717, 1.165) is 6.42 Å². The molecule has 2 aliphatic rings.